The van der Waals surface area contributed by atoms with Crippen molar-refractivity contribution >= 4 is 5.78 Å². The zero-order valence-electron chi connectivity index (χ0n) is 11.6. The Bertz CT molecular complexity index is 455. The Kier molecular flexibility index (Phi) is 4.87. The summed E-state index contributed by atoms with van der Waals surface area (Å²) in [6.07, 6.45) is -1.01. The molecular formula is C14H21NO3. The molecule has 4 heteroatoms. The van der Waals surface area contributed by atoms with Crippen LogP contribution in [0.15, 0.2) is 6.07 Å². The molecule has 0 aliphatic heterocycles. The Morgan fingerprint density at radius 2 is 2.00 bits per heavy atom. The largest absolute Gasteiger partial charge is 0.496 e. The highest BCUT2D eigenvalue weighted by Crippen LogP contribution is 2.28. The third kappa shape index (κ3) is 2.71. The molecule has 0 saturated heterocycles. The van der Waals surface area contributed by atoms with E-state index in [0.29, 0.717) is 5.56 Å². The van der Waals surface area contributed by atoms with Gasteiger partial charge in [-0.2, -0.15) is 0 Å². The number of ketones is 1. The van der Waals surface area contributed by atoms with Crippen molar-refractivity contribution in [1.82, 2.24) is 5.32 Å². The molecule has 0 fully saturated rings. The van der Waals surface area contributed by atoms with Crippen molar-refractivity contribution in [3.63, 3.8) is 0 Å². The maximum Gasteiger partial charge on any atom is 0.193 e. The molecule has 100 valence electrons. The fourth-order valence-corrected chi connectivity index (χ4v) is 2.09. The number of hydrogen-bond donors (Lipinski definition) is 2. The van der Waals surface area contributed by atoms with Crippen LogP contribution in [0.25, 0.3) is 0 Å². The summed E-state index contributed by atoms with van der Waals surface area (Å²) >= 11 is 0. The summed E-state index contributed by atoms with van der Waals surface area (Å²) in [6.45, 7) is 5.90. The number of aliphatic hydroxyl groups excluding tert-OH is 1. The number of nitrogens with one attached hydrogen (secondary N) is 1. The van der Waals surface area contributed by atoms with Crippen molar-refractivity contribution < 1.29 is 14.6 Å². The van der Waals surface area contributed by atoms with Gasteiger partial charge in [0, 0.05) is 12.1 Å². The molecule has 0 amide bonds. The lowest BCUT2D eigenvalue weighted by atomic mass is 9.92. The van der Waals surface area contributed by atoms with Crippen LogP contribution in [-0.2, 0) is 0 Å². The van der Waals surface area contributed by atoms with E-state index in [9.17, 15) is 9.90 Å². The maximum atomic E-state index is 12.2. The van der Waals surface area contributed by atoms with Gasteiger partial charge in [-0.3, -0.25) is 4.79 Å². The standard InChI is InChI=1S/C14H21NO3/c1-8-6-12(18-5)9(2)10(3)13(8)14(17)11(16)7-15-4/h6,11,15-16H,7H2,1-5H3. The molecule has 4 nitrogen and oxygen atoms in total. The highest BCUT2D eigenvalue weighted by Gasteiger charge is 2.22. The van der Waals surface area contributed by atoms with Crippen molar-refractivity contribution in [1.29, 1.82) is 0 Å². The number of aliphatic hydroxyl groups is 1. The number of carbonyl (C=O) groups excluding carboxylic acids is 1. The molecule has 0 heterocycles. The van der Waals surface area contributed by atoms with Gasteiger partial charge < -0.3 is 15.2 Å². The van der Waals surface area contributed by atoms with E-state index in [1.807, 2.05) is 26.8 Å². The lowest BCUT2D eigenvalue weighted by molar-refractivity contribution is 0.0749. The molecule has 1 aromatic carbocycles. The third-order valence-electron chi connectivity index (χ3n) is 3.22. The zero-order valence-corrected chi connectivity index (χ0v) is 11.6. The quantitative estimate of drug-likeness (QED) is 0.776. The molecular weight excluding hydrogens is 230 g/mol. The minimum absolute atomic E-state index is 0.245. The van der Waals surface area contributed by atoms with Gasteiger partial charge in [0.2, 0.25) is 0 Å². The van der Waals surface area contributed by atoms with Gasteiger partial charge >= 0.3 is 0 Å². The van der Waals surface area contributed by atoms with E-state index < -0.39 is 6.10 Å². The monoisotopic (exact) mass is 251 g/mol. The number of carbonyl (C=O) groups is 1. The number of rotatable bonds is 5. The van der Waals surface area contributed by atoms with E-state index in [0.717, 1.165) is 22.4 Å². The fourth-order valence-electron chi connectivity index (χ4n) is 2.09. The topological polar surface area (TPSA) is 58.6 Å². The van der Waals surface area contributed by atoms with Crippen molar-refractivity contribution in [2.45, 2.75) is 26.9 Å². The summed E-state index contributed by atoms with van der Waals surface area (Å²) in [6, 6.07) is 1.83. The molecule has 2 N–H and O–H groups in total. The minimum Gasteiger partial charge on any atom is -0.496 e. The Labute approximate surface area is 108 Å². The molecule has 1 unspecified atom stereocenters. The van der Waals surface area contributed by atoms with Crippen molar-refractivity contribution in [2.24, 2.45) is 0 Å². The number of methoxy groups -OCH3 is 1. The summed E-state index contributed by atoms with van der Waals surface area (Å²) in [5.41, 5.74) is 3.22. The molecule has 0 bridgehead atoms. The second kappa shape index (κ2) is 5.98. The normalized spacial score (nSPS) is 12.3. The van der Waals surface area contributed by atoms with E-state index in [1.165, 1.54) is 0 Å². The molecule has 0 aromatic heterocycles. The smallest absolute Gasteiger partial charge is 0.193 e. The number of likely N-dealkylation sites (N-methyl/N-ethyl adjacent to an activating group) is 1. The lowest BCUT2D eigenvalue weighted by Gasteiger charge is -2.17. The van der Waals surface area contributed by atoms with Gasteiger partial charge in [-0.05, 0) is 50.6 Å². The predicted molar refractivity (Wildman–Crippen MR) is 71.5 cm³/mol. The summed E-state index contributed by atoms with van der Waals surface area (Å²) in [5.74, 6) is 0.523. The number of benzene rings is 1. The van der Waals surface area contributed by atoms with Crippen LogP contribution >= 0.6 is 0 Å². The Hall–Kier alpha value is -1.39. The Morgan fingerprint density at radius 1 is 1.39 bits per heavy atom. The first-order valence-corrected chi connectivity index (χ1v) is 5.95. The lowest BCUT2D eigenvalue weighted by Crippen LogP contribution is -2.32. The van der Waals surface area contributed by atoms with Crippen LogP contribution < -0.4 is 10.1 Å². The molecule has 0 spiro atoms. The first-order valence-electron chi connectivity index (χ1n) is 5.95. The average molecular weight is 251 g/mol. The first-order chi connectivity index (χ1) is 8.43. The van der Waals surface area contributed by atoms with Gasteiger partial charge in [-0.25, -0.2) is 0 Å². The highest BCUT2D eigenvalue weighted by molar-refractivity contribution is 6.02. The first kappa shape index (κ1) is 14.7. The summed E-state index contributed by atoms with van der Waals surface area (Å²) < 4.78 is 5.26. The third-order valence-corrected chi connectivity index (χ3v) is 3.22. The van der Waals surface area contributed by atoms with Crippen molar-refractivity contribution in [3.8, 4) is 5.75 Å². The second-order valence-corrected chi connectivity index (χ2v) is 4.46. The molecule has 1 rings (SSSR count). The van der Waals surface area contributed by atoms with E-state index in [2.05, 4.69) is 5.32 Å². The SMILES string of the molecule is CNCC(O)C(=O)c1c(C)cc(OC)c(C)c1C. The van der Waals surface area contributed by atoms with Crippen LogP contribution in [-0.4, -0.2) is 37.7 Å². The maximum absolute atomic E-state index is 12.2. The van der Waals surface area contributed by atoms with Gasteiger partial charge in [-0.1, -0.05) is 0 Å². The summed E-state index contributed by atoms with van der Waals surface area (Å²) in [4.78, 5) is 12.2. The highest BCUT2D eigenvalue weighted by atomic mass is 16.5. The van der Waals surface area contributed by atoms with Crippen LogP contribution in [0.4, 0.5) is 0 Å². The van der Waals surface area contributed by atoms with E-state index in [4.69, 9.17) is 4.74 Å². The average Bonchev–Trinajstić information content (AvgIpc) is 2.34. The summed E-state index contributed by atoms with van der Waals surface area (Å²) in [7, 11) is 3.31. The minimum atomic E-state index is -1.01. The molecule has 0 aliphatic carbocycles. The van der Waals surface area contributed by atoms with Gasteiger partial charge in [-0.15, -0.1) is 0 Å². The summed E-state index contributed by atoms with van der Waals surface area (Å²) in [5, 5.41) is 12.6. The Balaban J connectivity index is 3.25. The number of aryl methyl sites for hydroxylation is 1. The molecule has 0 radical (unpaired) electrons. The molecule has 1 atom stereocenters. The zero-order chi connectivity index (χ0) is 13.9. The molecule has 0 aliphatic rings. The van der Waals surface area contributed by atoms with Crippen molar-refractivity contribution in [3.05, 3.63) is 28.3 Å². The van der Waals surface area contributed by atoms with E-state index in [-0.39, 0.29) is 12.3 Å². The molecule has 1 aromatic rings. The van der Waals surface area contributed by atoms with E-state index in [1.54, 1.807) is 14.2 Å². The second-order valence-electron chi connectivity index (χ2n) is 4.46. The molecule has 18 heavy (non-hydrogen) atoms. The van der Waals surface area contributed by atoms with Gasteiger partial charge in [0.15, 0.2) is 5.78 Å². The predicted octanol–water partition coefficient (Wildman–Crippen LogP) is 1.38. The number of ether oxygens (including phenoxy) is 1. The van der Waals surface area contributed by atoms with Gasteiger partial charge in [0.1, 0.15) is 11.9 Å². The molecule has 0 saturated carbocycles. The fraction of sp³-hybridized carbons (Fsp3) is 0.500. The van der Waals surface area contributed by atoms with Gasteiger partial charge in [0.05, 0.1) is 7.11 Å². The van der Waals surface area contributed by atoms with Crippen LogP contribution in [0.1, 0.15) is 27.0 Å². The van der Waals surface area contributed by atoms with Crippen molar-refractivity contribution in [2.75, 3.05) is 20.7 Å². The van der Waals surface area contributed by atoms with Crippen LogP contribution in [0.2, 0.25) is 0 Å². The van der Waals surface area contributed by atoms with E-state index >= 15 is 0 Å². The number of Topliss-reactive ketones (excluding diaryl/α,β-unsaturated/α-hetero) is 1. The van der Waals surface area contributed by atoms with Crippen LogP contribution in [0, 0.1) is 20.8 Å². The van der Waals surface area contributed by atoms with Crippen LogP contribution in [0.5, 0.6) is 5.75 Å². The van der Waals surface area contributed by atoms with Gasteiger partial charge in [0.25, 0.3) is 0 Å². The Morgan fingerprint density at radius 3 is 2.50 bits per heavy atom. The van der Waals surface area contributed by atoms with Crippen LogP contribution in [0.3, 0.4) is 0 Å². The number of hydrogen-bond acceptors (Lipinski definition) is 4.